The van der Waals surface area contributed by atoms with Gasteiger partial charge in [-0.05, 0) is 18.9 Å². The molecule has 1 aliphatic heterocycles. The van der Waals surface area contributed by atoms with Crippen LogP contribution >= 0.6 is 0 Å². The van der Waals surface area contributed by atoms with E-state index in [9.17, 15) is 9.90 Å². The van der Waals surface area contributed by atoms with Gasteiger partial charge in [0.15, 0.2) is 0 Å². The third kappa shape index (κ3) is 3.45. The molecule has 1 heterocycles. The van der Waals surface area contributed by atoms with Crippen molar-refractivity contribution >= 4 is 6.09 Å². The molecule has 0 aliphatic carbocycles. The van der Waals surface area contributed by atoms with Gasteiger partial charge in [0.2, 0.25) is 0 Å². The lowest BCUT2D eigenvalue weighted by Gasteiger charge is -2.18. The molecular weight excluding hydrogens is 232 g/mol. The van der Waals surface area contributed by atoms with Crippen molar-refractivity contribution < 1.29 is 14.7 Å². The summed E-state index contributed by atoms with van der Waals surface area (Å²) in [7, 11) is 0. The Labute approximate surface area is 106 Å². The Kier molecular flexibility index (Phi) is 3.84. The van der Waals surface area contributed by atoms with E-state index < -0.39 is 11.7 Å². The number of nitrogens with zero attached hydrogens (tertiary/aromatic N) is 1. The number of carbonyl (C=O) groups is 1. The number of β-amino-alcohol motifs (C(OH)–C–C–N with tert-alkyl or cyclic N) is 1. The fourth-order valence-corrected chi connectivity index (χ4v) is 1.94. The summed E-state index contributed by atoms with van der Waals surface area (Å²) in [6.45, 7) is 3.03. The maximum atomic E-state index is 11.7. The van der Waals surface area contributed by atoms with E-state index in [0.29, 0.717) is 26.1 Å². The molecule has 0 unspecified atom stereocenters. The van der Waals surface area contributed by atoms with E-state index in [4.69, 9.17) is 4.84 Å². The minimum Gasteiger partial charge on any atom is -0.388 e. The van der Waals surface area contributed by atoms with Crippen LogP contribution in [0.25, 0.3) is 0 Å². The molecule has 1 amide bonds. The van der Waals surface area contributed by atoms with E-state index in [0.717, 1.165) is 5.56 Å². The van der Waals surface area contributed by atoms with Gasteiger partial charge in [-0.3, -0.25) is 0 Å². The topological polar surface area (TPSA) is 61.8 Å². The number of amides is 1. The molecule has 0 bridgehead atoms. The van der Waals surface area contributed by atoms with Crippen molar-refractivity contribution in [3.8, 4) is 0 Å². The van der Waals surface area contributed by atoms with Crippen LogP contribution in [0.4, 0.5) is 4.79 Å². The molecule has 2 rings (SSSR count). The molecule has 2 N–H and O–H groups in total. The molecule has 0 saturated carbocycles. The second-order valence-electron chi connectivity index (χ2n) is 4.84. The molecule has 1 atom stereocenters. The van der Waals surface area contributed by atoms with Crippen molar-refractivity contribution in [2.24, 2.45) is 0 Å². The van der Waals surface area contributed by atoms with E-state index >= 15 is 0 Å². The molecule has 1 aromatic rings. The van der Waals surface area contributed by atoms with E-state index in [1.165, 1.54) is 4.90 Å². The average molecular weight is 250 g/mol. The highest BCUT2D eigenvalue weighted by Gasteiger charge is 2.34. The first-order valence-electron chi connectivity index (χ1n) is 6.02. The van der Waals surface area contributed by atoms with Gasteiger partial charge >= 0.3 is 6.09 Å². The summed E-state index contributed by atoms with van der Waals surface area (Å²) in [5.74, 6) is 0. The molecule has 1 aromatic carbocycles. The van der Waals surface area contributed by atoms with Crippen LogP contribution in [0.2, 0.25) is 0 Å². The van der Waals surface area contributed by atoms with Gasteiger partial charge in [-0.25, -0.2) is 4.79 Å². The number of aliphatic hydroxyl groups is 1. The zero-order chi connectivity index (χ0) is 13.0. The van der Waals surface area contributed by atoms with Gasteiger partial charge in [0.25, 0.3) is 0 Å². The molecule has 1 fully saturated rings. The maximum Gasteiger partial charge on any atom is 0.428 e. The number of hydrogen-bond acceptors (Lipinski definition) is 4. The monoisotopic (exact) mass is 250 g/mol. The molecule has 0 radical (unpaired) electrons. The van der Waals surface area contributed by atoms with Crippen molar-refractivity contribution in [2.45, 2.75) is 25.5 Å². The van der Waals surface area contributed by atoms with Gasteiger partial charge in [0, 0.05) is 6.54 Å². The van der Waals surface area contributed by atoms with Gasteiger partial charge < -0.3 is 14.8 Å². The number of hydroxylamine groups is 1. The minimum atomic E-state index is -0.793. The van der Waals surface area contributed by atoms with Crippen molar-refractivity contribution in [2.75, 3.05) is 13.1 Å². The molecule has 98 valence electrons. The minimum absolute atomic E-state index is 0.318. The predicted octanol–water partition coefficient (Wildman–Crippen LogP) is 1.28. The predicted molar refractivity (Wildman–Crippen MR) is 66.6 cm³/mol. The molecule has 0 spiro atoms. The SMILES string of the molecule is C[C@@]1(O)CCN(C(=O)ONCc2ccccc2)C1. The Balaban J connectivity index is 1.73. The lowest BCUT2D eigenvalue weighted by molar-refractivity contribution is 0.0396. The van der Waals surface area contributed by atoms with Crippen LogP contribution in [0.3, 0.4) is 0 Å². The fourth-order valence-electron chi connectivity index (χ4n) is 1.94. The quantitative estimate of drug-likeness (QED) is 0.793. The van der Waals surface area contributed by atoms with E-state index in [1.807, 2.05) is 30.3 Å². The standard InChI is InChI=1S/C13H18N2O3/c1-13(17)7-8-15(10-13)12(16)18-14-9-11-5-3-2-4-6-11/h2-6,14,17H,7-10H2,1H3/t13-/m1/s1. The Hall–Kier alpha value is -1.59. The zero-order valence-electron chi connectivity index (χ0n) is 10.4. The highest BCUT2D eigenvalue weighted by Crippen LogP contribution is 2.20. The number of rotatable bonds is 3. The molecular formula is C13H18N2O3. The molecule has 5 heteroatoms. The zero-order valence-corrected chi connectivity index (χ0v) is 10.4. The van der Waals surface area contributed by atoms with Gasteiger partial charge in [-0.2, -0.15) is 0 Å². The molecule has 18 heavy (non-hydrogen) atoms. The van der Waals surface area contributed by atoms with Gasteiger partial charge in [-0.1, -0.05) is 30.3 Å². The van der Waals surface area contributed by atoms with Crippen LogP contribution in [0.5, 0.6) is 0 Å². The van der Waals surface area contributed by atoms with E-state index in [2.05, 4.69) is 5.48 Å². The van der Waals surface area contributed by atoms with Crippen LogP contribution in [0, 0.1) is 0 Å². The maximum absolute atomic E-state index is 11.7. The lowest BCUT2D eigenvalue weighted by Crippen LogP contribution is -2.36. The van der Waals surface area contributed by atoms with Gasteiger partial charge in [-0.15, -0.1) is 5.48 Å². The van der Waals surface area contributed by atoms with E-state index in [1.54, 1.807) is 6.92 Å². The Bertz CT molecular complexity index is 406. The molecule has 5 nitrogen and oxygen atoms in total. The van der Waals surface area contributed by atoms with Crippen LogP contribution in [-0.2, 0) is 11.4 Å². The summed E-state index contributed by atoms with van der Waals surface area (Å²) in [6.07, 6.45) is 0.143. The first kappa shape index (κ1) is 12.9. The summed E-state index contributed by atoms with van der Waals surface area (Å²) in [4.78, 5) is 18.1. The summed E-state index contributed by atoms with van der Waals surface area (Å²) in [6, 6.07) is 9.68. The normalized spacial score (nSPS) is 23.1. The lowest BCUT2D eigenvalue weighted by atomic mass is 10.1. The third-order valence-corrected chi connectivity index (χ3v) is 2.99. The van der Waals surface area contributed by atoms with Crippen molar-refractivity contribution in [1.29, 1.82) is 0 Å². The Morgan fingerprint density at radius 3 is 2.83 bits per heavy atom. The summed E-state index contributed by atoms with van der Waals surface area (Å²) < 4.78 is 0. The molecule has 0 aromatic heterocycles. The highest BCUT2D eigenvalue weighted by atomic mass is 16.7. The Morgan fingerprint density at radius 1 is 1.50 bits per heavy atom. The van der Waals surface area contributed by atoms with E-state index in [-0.39, 0.29) is 0 Å². The second kappa shape index (κ2) is 5.37. The third-order valence-electron chi connectivity index (χ3n) is 2.99. The highest BCUT2D eigenvalue weighted by molar-refractivity contribution is 5.67. The van der Waals surface area contributed by atoms with Gasteiger partial charge in [0.05, 0.1) is 18.7 Å². The molecule has 1 aliphatic rings. The first-order chi connectivity index (χ1) is 8.57. The summed E-state index contributed by atoms with van der Waals surface area (Å²) in [5.41, 5.74) is 2.88. The number of benzene rings is 1. The number of carbonyl (C=O) groups excluding carboxylic acids is 1. The average Bonchev–Trinajstić information content (AvgIpc) is 2.71. The van der Waals surface area contributed by atoms with Crippen LogP contribution in [-0.4, -0.2) is 34.8 Å². The number of likely N-dealkylation sites (tertiary alicyclic amines) is 1. The number of nitrogens with one attached hydrogen (secondary N) is 1. The summed E-state index contributed by atoms with van der Waals surface area (Å²) in [5, 5.41) is 9.75. The van der Waals surface area contributed by atoms with Crippen molar-refractivity contribution in [3.63, 3.8) is 0 Å². The van der Waals surface area contributed by atoms with Crippen molar-refractivity contribution in [1.82, 2.24) is 10.4 Å². The first-order valence-corrected chi connectivity index (χ1v) is 6.02. The summed E-state index contributed by atoms with van der Waals surface area (Å²) >= 11 is 0. The van der Waals surface area contributed by atoms with Crippen molar-refractivity contribution in [3.05, 3.63) is 35.9 Å². The van der Waals surface area contributed by atoms with Crippen LogP contribution < -0.4 is 5.48 Å². The Morgan fingerprint density at radius 2 is 2.22 bits per heavy atom. The van der Waals surface area contributed by atoms with Gasteiger partial charge in [0.1, 0.15) is 0 Å². The smallest absolute Gasteiger partial charge is 0.388 e. The molecule has 1 saturated heterocycles. The van der Waals surface area contributed by atoms with Crippen LogP contribution in [0.1, 0.15) is 18.9 Å². The second-order valence-corrected chi connectivity index (χ2v) is 4.84. The fraction of sp³-hybridized carbons (Fsp3) is 0.462. The van der Waals surface area contributed by atoms with Crippen LogP contribution in [0.15, 0.2) is 30.3 Å². The largest absolute Gasteiger partial charge is 0.428 e. The number of hydrogen-bond donors (Lipinski definition) is 2.